The predicted octanol–water partition coefficient (Wildman–Crippen LogP) is 3.64. The number of likely N-dealkylation sites (tertiary alicyclic amines) is 1. The van der Waals surface area contributed by atoms with Gasteiger partial charge in [0.15, 0.2) is 0 Å². The third-order valence-electron chi connectivity index (χ3n) is 5.37. The fourth-order valence-corrected chi connectivity index (χ4v) is 6.78. The second kappa shape index (κ2) is 8.92. The molecule has 2 atom stereocenters. The topological polar surface area (TPSA) is 80.8 Å². The zero-order chi connectivity index (χ0) is 21.9. The lowest BCUT2D eigenvalue weighted by molar-refractivity contribution is 0.114. The summed E-state index contributed by atoms with van der Waals surface area (Å²) in [4.78, 5) is 1.54. The summed E-state index contributed by atoms with van der Waals surface area (Å²) in [5.74, 6) is 0.0951. The molecule has 0 amide bonds. The second-order valence-electron chi connectivity index (χ2n) is 7.42. The van der Waals surface area contributed by atoms with Gasteiger partial charge in [-0.05, 0) is 42.2 Å². The zero-order valence-electron chi connectivity index (χ0n) is 16.7. The SMILES string of the molecule is O=S(=O)(OC(N1CCC(c2ccccc2)C1)S(=O)(=O)c1ccccc1)c1ccccc1. The molecule has 2 unspecified atom stereocenters. The second-order valence-corrected chi connectivity index (χ2v) is 11.0. The van der Waals surface area contributed by atoms with E-state index in [9.17, 15) is 16.8 Å². The maximum absolute atomic E-state index is 13.4. The molecule has 4 rings (SSSR count). The van der Waals surface area contributed by atoms with Crippen molar-refractivity contribution in [3.63, 3.8) is 0 Å². The first kappa shape index (κ1) is 21.7. The zero-order valence-corrected chi connectivity index (χ0v) is 18.4. The van der Waals surface area contributed by atoms with Crippen molar-refractivity contribution in [1.29, 1.82) is 0 Å². The van der Waals surface area contributed by atoms with Gasteiger partial charge in [0.25, 0.3) is 10.1 Å². The van der Waals surface area contributed by atoms with Crippen LogP contribution in [-0.2, 0) is 24.1 Å². The lowest BCUT2D eigenvalue weighted by atomic mass is 9.99. The monoisotopic (exact) mass is 457 g/mol. The van der Waals surface area contributed by atoms with Crippen molar-refractivity contribution in [1.82, 2.24) is 4.90 Å². The van der Waals surface area contributed by atoms with Gasteiger partial charge < -0.3 is 0 Å². The summed E-state index contributed by atoms with van der Waals surface area (Å²) in [6.07, 6.45) is 0.708. The highest BCUT2D eigenvalue weighted by Gasteiger charge is 2.41. The molecular weight excluding hydrogens is 434 g/mol. The Balaban J connectivity index is 1.68. The van der Waals surface area contributed by atoms with Crippen LogP contribution in [0, 0.1) is 0 Å². The molecule has 1 fully saturated rings. The van der Waals surface area contributed by atoms with Crippen molar-refractivity contribution in [3.8, 4) is 0 Å². The van der Waals surface area contributed by atoms with Crippen LogP contribution in [-0.4, -0.2) is 40.4 Å². The number of nitrogens with zero attached hydrogens (tertiary/aromatic N) is 1. The Morgan fingerprint density at radius 2 is 1.26 bits per heavy atom. The van der Waals surface area contributed by atoms with E-state index in [1.165, 1.54) is 24.3 Å². The van der Waals surface area contributed by atoms with Crippen molar-refractivity contribution < 1.29 is 21.0 Å². The van der Waals surface area contributed by atoms with Crippen molar-refractivity contribution in [2.45, 2.75) is 27.7 Å². The normalized spacial score (nSPS) is 18.6. The van der Waals surface area contributed by atoms with Gasteiger partial charge in [-0.3, -0.25) is 4.90 Å². The molecule has 1 saturated heterocycles. The molecule has 31 heavy (non-hydrogen) atoms. The van der Waals surface area contributed by atoms with Gasteiger partial charge in [-0.2, -0.15) is 8.42 Å². The fourth-order valence-electron chi connectivity index (χ4n) is 3.76. The van der Waals surface area contributed by atoms with Crippen LogP contribution in [0.4, 0.5) is 0 Å². The van der Waals surface area contributed by atoms with E-state index < -0.39 is 25.5 Å². The lowest BCUT2D eigenvalue weighted by Crippen LogP contribution is -2.43. The Hall–Kier alpha value is -2.52. The van der Waals surface area contributed by atoms with Crippen molar-refractivity contribution in [2.24, 2.45) is 0 Å². The van der Waals surface area contributed by atoms with Crippen LogP contribution in [0.15, 0.2) is 101 Å². The van der Waals surface area contributed by atoms with Crippen LogP contribution in [0.25, 0.3) is 0 Å². The summed E-state index contributed by atoms with van der Waals surface area (Å²) in [5.41, 5.74) is -0.555. The molecule has 3 aromatic carbocycles. The molecule has 1 aliphatic rings. The van der Waals surface area contributed by atoms with E-state index >= 15 is 0 Å². The Labute approximate surface area is 183 Å². The highest BCUT2D eigenvalue weighted by atomic mass is 32.2. The van der Waals surface area contributed by atoms with Crippen LogP contribution < -0.4 is 0 Å². The maximum atomic E-state index is 13.4. The van der Waals surface area contributed by atoms with Gasteiger partial charge in [-0.15, -0.1) is 0 Å². The summed E-state index contributed by atoms with van der Waals surface area (Å²) < 4.78 is 58.1. The smallest absolute Gasteiger partial charge is 0.263 e. The molecule has 0 aromatic heterocycles. The molecule has 8 heteroatoms. The standard InChI is InChI=1S/C23H23NO5S2/c25-30(26,21-12-6-2-7-13-21)23(29-31(27,28)22-14-8-3-9-15-22)24-17-16-20(18-24)19-10-4-1-5-11-19/h1-15,20,23H,16-18H2. The van der Waals surface area contributed by atoms with Crippen molar-refractivity contribution in [3.05, 3.63) is 96.6 Å². The summed E-state index contributed by atoms with van der Waals surface area (Å²) >= 11 is 0. The summed E-state index contributed by atoms with van der Waals surface area (Å²) in [6, 6.07) is 25.2. The predicted molar refractivity (Wildman–Crippen MR) is 118 cm³/mol. The summed E-state index contributed by atoms with van der Waals surface area (Å²) in [7, 11) is -8.40. The Kier molecular flexibility index (Phi) is 6.24. The quantitative estimate of drug-likeness (QED) is 0.504. The first-order valence-electron chi connectivity index (χ1n) is 9.94. The minimum atomic E-state index is -4.29. The molecule has 0 aliphatic carbocycles. The lowest BCUT2D eigenvalue weighted by Gasteiger charge is -2.27. The molecule has 0 spiro atoms. The van der Waals surface area contributed by atoms with Crippen LogP contribution in [0.2, 0.25) is 0 Å². The highest BCUT2D eigenvalue weighted by molar-refractivity contribution is 7.93. The van der Waals surface area contributed by atoms with E-state index in [2.05, 4.69) is 0 Å². The molecule has 0 N–H and O–H groups in total. The maximum Gasteiger partial charge on any atom is 0.299 e. The number of sulfone groups is 1. The van der Waals surface area contributed by atoms with E-state index in [0.717, 1.165) is 5.56 Å². The van der Waals surface area contributed by atoms with E-state index in [4.69, 9.17) is 4.18 Å². The van der Waals surface area contributed by atoms with Gasteiger partial charge in [0.2, 0.25) is 15.4 Å². The molecular formula is C23H23NO5S2. The van der Waals surface area contributed by atoms with Gasteiger partial charge in [0.1, 0.15) is 0 Å². The summed E-state index contributed by atoms with van der Waals surface area (Å²) in [5, 5.41) is 0. The third-order valence-corrected chi connectivity index (χ3v) is 8.63. The van der Waals surface area contributed by atoms with Crippen LogP contribution in [0.3, 0.4) is 0 Å². The van der Waals surface area contributed by atoms with Crippen LogP contribution in [0.1, 0.15) is 17.9 Å². The molecule has 1 heterocycles. The molecule has 0 radical (unpaired) electrons. The Morgan fingerprint density at radius 1 is 0.742 bits per heavy atom. The first-order valence-corrected chi connectivity index (χ1v) is 12.9. The van der Waals surface area contributed by atoms with Crippen molar-refractivity contribution >= 4 is 20.0 Å². The van der Waals surface area contributed by atoms with Gasteiger partial charge in [-0.1, -0.05) is 66.7 Å². The van der Waals surface area contributed by atoms with E-state index in [1.807, 2.05) is 30.3 Å². The average molecular weight is 458 g/mol. The van der Waals surface area contributed by atoms with E-state index in [0.29, 0.717) is 19.5 Å². The first-order chi connectivity index (χ1) is 14.9. The van der Waals surface area contributed by atoms with Gasteiger partial charge >= 0.3 is 0 Å². The number of rotatable bonds is 7. The van der Waals surface area contributed by atoms with Gasteiger partial charge in [-0.25, -0.2) is 12.6 Å². The third kappa shape index (κ3) is 4.72. The van der Waals surface area contributed by atoms with Crippen molar-refractivity contribution in [2.75, 3.05) is 13.1 Å². The molecule has 162 valence electrons. The number of hydrogen-bond acceptors (Lipinski definition) is 6. The number of benzene rings is 3. The molecule has 6 nitrogen and oxygen atoms in total. The molecule has 3 aromatic rings. The molecule has 1 aliphatic heterocycles. The largest absolute Gasteiger partial charge is 0.299 e. The van der Waals surface area contributed by atoms with Crippen LogP contribution in [0.5, 0.6) is 0 Å². The van der Waals surface area contributed by atoms with E-state index in [1.54, 1.807) is 41.3 Å². The molecule has 0 saturated carbocycles. The fraction of sp³-hybridized carbons (Fsp3) is 0.217. The van der Waals surface area contributed by atoms with Gasteiger partial charge in [0, 0.05) is 13.1 Å². The van der Waals surface area contributed by atoms with E-state index in [-0.39, 0.29) is 15.7 Å². The average Bonchev–Trinajstić information content (AvgIpc) is 3.29. The Bertz CT molecular complexity index is 1210. The molecule has 0 bridgehead atoms. The highest BCUT2D eigenvalue weighted by Crippen LogP contribution is 2.33. The summed E-state index contributed by atoms with van der Waals surface area (Å²) in [6.45, 7) is 0.783. The Morgan fingerprint density at radius 3 is 1.84 bits per heavy atom. The minimum Gasteiger partial charge on any atom is -0.263 e. The van der Waals surface area contributed by atoms with Gasteiger partial charge in [0.05, 0.1) is 9.79 Å². The number of hydrogen-bond donors (Lipinski definition) is 0. The van der Waals surface area contributed by atoms with Crippen LogP contribution >= 0.6 is 0 Å². The minimum absolute atomic E-state index is 0.0198.